The average molecular weight is 409 g/mol. The predicted molar refractivity (Wildman–Crippen MR) is 111 cm³/mol. The summed E-state index contributed by atoms with van der Waals surface area (Å²) in [7, 11) is 2.11. The molecule has 5 nitrogen and oxygen atoms in total. The van der Waals surface area contributed by atoms with Crippen LogP contribution in [0.15, 0.2) is 48.5 Å². The molecule has 2 aromatic carbocycles. The summed E-state index contributed by atoms with van der Waals surface area (Å²) in [6.07, 6.45) is 1.87. The Morgan fingerprint density at radius 1 is 0.967 bits per heavy atom. The molecule has 0 unspecified atom stereocenters. The van der Waals surface area contributed by atoms with E-state index in [9.17, 15) is 8.78 Å². The monoisotopic (exact) mass is 409 g/mol. The first-order chi connectivity index (χ1) is 14.5. The number of piperidine rings is 1. The summed E-state index contributed by atoms with van der Waals surface area (Å²) in [6, 6.07) is 13.5. The Morgan fingerprint density at radius 3 is 2.43 bits per heavy atom. The molecule has 1 saturated heterocycles. The van der Waals surface area contributed by atoms with Gasteiger partial charge in [-0.1, -0.05) is 18.2 Å². The number of aromatic nitrogens is 3. The van der Waals surface area contributed by atoms with Crippen molar-refractivity contribution in [3.8, 4) is 11.4 Å². The van der Waals surface area contributed by atoms with Crippen LogP contribution in [0.1, 0.15) is 24.2 Å². The number of rotatable bonds is 3. The van der Waals surface area contributed by atoms with Gasteiger partial charge in [-0.15, -0.1) is 10.2 Å². The maximum Gasteiger partial charge on any atom is 0.164 e. The highest BCUT2D eigenvalue weighted by molar-refractivity contribution is 5.56. The van der Waals surface area contributed by atoms with Gasteiger partial charge in [0.2, 0.25) is 0 Å². The van der Waals surface area contributed by atoms with Crippen molar-refractivity contribution in [1.29, 1.82) is 0 Å². The number of halogens is 2. The zero-order chi connectivity index (χ0) is 20.7. The van der Waals surface area contributed by atoms with Crippen LogP contribution in [0.2, 0.25) is 0 Å². The minimum absolute atomic E-state index is 0.110. The van der Waals surface area contributed by atoms with Gasteiger partial charge in [0.05, 0.1) is 12.1 Å². The van der Waals surface area contributed by atoms with Crippen molar-refractivity contribution in [2.45, 2.75) is 31.5 Å². The summed E-state index contributed by atoms with van der Waals surface area (Å²) in [5.74, 6) is 1.36. The van der Waals surface area contributed by atoms with Crippen LogP contribution in [0, 0.1) is 11.6 Å². The molecule has 30 heavy (non-hydrogen) atoms. The molecule has 0 amide bonds. The SMILES string of the molecule is CN1Cc2nnc(-c3ccc(F)cc3)n2C2(CCN(Cc3ccccc3F)CC2)C1. The van der Waals surface area contributed by atoms with E-state index in [1.807, 2.05) is 12.1 Å². The Balaban J connectivity index is 1.43. The van der Waals surface area contributed by atoms with E-state index >= 15 is 0 Å². The molecule has 1 aromatic heterocycles. The Bertz CT molecular complexity index is 1040. The van der Waals surface area contributed by atoms with Crippen LogP contribution in [0.4, 0.5) is 8.78 Å². The smallest absolute Gasteiger partial charge is 0.164 e. The zero-order valence-corrected chi connectivity index (χ0v) is 17.1. The normalized spacial score (nSPS) is 19.2. The van der Waals surface area contributed by atoms with Gasteiger partial charge in [0.1, 0.15) is 17.5 Å². The van der Waals surface area contributed by atoms with E-state index in [-0.39, 0.29) is 17.2 Å². The number of hydrogen-bond acceptors (Lipinski definition) is 4. The second-order valence-corrected chi connectivity index (χ2v) is 8.55. The third-order valence-electron chi connectivity index (χ3n) is 6.42. The maximum atomic E-state index is 14.1. The molecular formula is C23H25F2N5. The highest BCUT2D eigenvalue weighted by atomic mass is 19.1. The number of fused-ring (bicyclic) bond motifs is 2. The lowest BCUT2D eigenvalue weighted by Crippen LogP contribution is -2.55. The summed E-state index contributed by atoms with van der Waals surface area (Å²) in [4.78, 5) is 4.62. The van der Waals surface area contributed by atoms with Crippen LogP contribution >= 0.6 is 0 Å². The maximum absolute atomic E-state index is 14.1. The van der Waals surface area contributed by atoms with Crippen molar-refractivity contribution in [2.24, 2.45) is 0 Å². The van der Waals surface area contributed by atoms with Gasteiger partial charge in [0.15, 0.2) is 5.82 Å². The Kier molecular flexibility index (Phi) is 4.87. The van der Waals surface area contributed by atoms with Gasteiger partial charge in [0.25, 0.3) is 0 Å². The quantitative estimate of drug-likeness (QED) is 0.662. The summed E-state index contributed by atoms with van der Waals surface area (Å²) >= 11 is 0. The summed E-state index contributed by atoms with van der Waals surface area (Å²) in [6.45, 7) is 4.04. The van der Waals surface area contributed by atoms with Crippen LogP contribution in [0.25, 0.3) is 11.4 Å². The second kappa shape index (κ2) is 7.56. The minimum Gasteiger partial charge on any atom is -0.302 e. The molecule has 2 aliphatic rings. The van der Waals surface area contributed by atoms with Gasteiger partial charge >= 0.3 is 0 Å². The molecule has 2 aliphatic heterocycles. The predicted octanol–water partition coefficient (Wildman–Crippen LogP) is 3.66. The van der Waals surface area contributed by atoms with E-state index < -0.39 is 0 Å². The van der Waals surface area contributed by atoms with Crippen LogP contribution in [-0.4, -0.2) is 51.2 Å². The standard InChI is InChI=1S/C23H25F2N5/c1-28-15-21-26-27-22(17-6-8-19(24)9-7-17)30(21)23(16-28)10-12-29(13-11-23)14-18-4-2-3-5-20(18)25/h2-9H,10-16H2,1H3. The fourth-order valence-electron chi connectivity index (χ4n) is 4.95. The van der Waals surface area contributed by atoms with Crippen molar-refractivity contribution < 1.29 is 8.78 Å². The summed E-state index contributed by atoms with van der Waals surface area (Å²) in [5, 5.41) is 8.95. The van der Waals surface area contributed by atoms with Gasteiger partial charge in [-0.3, -0.25) is 9.80 Å². The van der Waals surface area contributed by atoms with Crippen molar-refractivity contribution in [3.05, 3.63) is 71.6 Å². The van der Waals surface area contributed by atoms with E-state index in [4.69, 9.17) is 0 Å². The van der Waals surface area contributed by atoms with E-state index in [2.05, 4.69) is 31.6 Å². The van der Waals surface area contributed by atoms with Gasteiger partial charge in [0, 0.05) is 37.3 Å². The molecule has 5 rings (SSSR count). The molecule has 3 heterocycles. The first kappa shape index (κ1) is 19.3. The number of benzene rings is 2. The lowest BCUT2D eigenvalue weighted by molar-refractivity contribution is 0.0487. The van der Waals surface area contributed by atoms with E-state index in [0.717, 1.165) is 61.8 Å². The van der Waals surface area contributed by atoms with E-state index in [1.54, 1.807) is 18.2 Å². The molecule has 3 aromatic rings. The van der Waals surface area contributed by atoms with Crippen molar-refractivity contribution in [1.82, 2.24) is 24.6 Å². The highest BCUT2D eigenvalue weighted by Gasteiger charge is 2.43. The van der Waals surface area contributed by atoms with Crippen molar-refractivity contribution >= 4 is 0 Å². The topological polar surface area (TPSA) is 37.2 Å². The molecule has 0 bridgehead atoms. The number of likely N-dealkylation sites (tertiary alicyclic amines) is 1. The molecule has 156 valence electrons. The number of nitrogens with zero attached hydrogens (tertiary/aromatic N) is 5. The molecule has 0 aliphatic carbocycles. The zero-order valence-electron chi connectivity index (χ0n) is 17.1. The van der Waals surface area contributed by atoms with Crippen molar-refractivity contribution in [2.75, 3.05) is 26.7 Å². The first-order valence-electron chi connectivity index (χ1n) is 10.4. The van der Waals surface area contributed by atoms with E-state index in [0.29, 0.717) is 6.54 Å². The third-order valence-corrected chi connectivity index (χ3v) is 6.42. The highest BCUT2D eigenvalue weighted by Crippen LogP contribution is 2.39. The molecule has 0 saturated carbocycles. The number of hydrogen-bond donors (Lipinski definition) is 0. The minimum atomic E-state index is -0.256. The lowest BCUT2D eigenvalue weighted by Gasteiger charge is -2.48. The second-order valence-electron chi connectivity index (χ2n) is 8.55. The lowest BCUT2D eigenvalue weighted by atomic mass is 9.84. The van der Waals surface area contributed by atoms with Gasteiger partial charge < -0.3 is 4.57 Å². The van der Waals surface area contributed by atoms with Gasteiger partial charge in [-0.05, 0) is 50.2 Å². The number of likely N-dealkylation sites (N-methyl/N-ethyl adjacent to an activating group) is 1. The van der Waals surface area contributed by atoms with Crippen LogP contribution in [-0.2, 0) is 18.6 Å². The molecule has 0 N–H and O–H groups in total. The van der Waals surface area contributed by atoms with Crippen LogP contribution in [0.3, 0.4) is 0 Å². The fraction of sp³-hybridized carbons (Fsp3) is 0.391. The van der Waals surface area contributed by atoms with E-state index in [1.165, 1.54) is 18.2 Å². The van der Waals surface area contributed by atoms with Crippen LogP contribution in [0.5, 0.6) is 0 Å². The Labute approximate surface area is 174 Å². The molecule has 1 spiro atoms. The third kappa shape index (κ3) is 3.42. The Morgan fingerprint density at radius 2 is 1.70 bits per heavy atom. The molecule has 1 fully saturated rings. The van der Waals surface area contributed by atoms with Gasteiger partial charge in [-0.2, -0.15) is 0 Å². The molecular weight excluding hydrogens is 384 g/mol. The summed E-state index contributed by atoms with van der Waals surface area (Å²) in [5.41, 5.74) is 1.51. The first-order valence-corrected chi connectivity index (χ1v) is 10.4. The largest absolute Gasteiger partial charge is 0.302 e. The molecule has 0 radical (unpaired) electrons. The molecule has 7 heteroatoms. The molecule has 0 atom stereocenters. The average Bonchev–Trinajstić information content (AvgIpc) is 3.16. The Hall–Kier alpha value is -2.64. The van der Waals surface area contributed by atoms with Crippen LogP contribution < -0.4 is 0 Å². The summed E-state index contributed by atoms with van der Waals surface area (Å²) < 4.78 is 29.8. The van der Waals surface area contributed by atoms with Crippen molar-refractivity contribution in [3.63, 3.8) is 0 Å². The van der Waals surface area contributed by atoms with Gasteiger partial charge in [-0.25, -0.2) is 8.78 Å². The fourth-order valence-corrected chi connectivity index (χ4v) is 4.95.